The molecule has 4 nitrogen and oxygen atoms in total. The number of rotatable bonds is 5. The third-order valence-electron chi connectivity index (χ3n) is 4.09. The van der Waals surface area contributed by atoms with E-state index in [2.05, 4.69) is 40.0 Å². The topological polar surface area (TPSA) is 39.1 Å². The van der Waals surface area contributed by atoms with Gasteiger partial charge in [-0.05, 0) is 44.0 Å². The SMILES string of the molecule is CCn1cncc1COc1cccc2c1CCC2NC. The van der Waals surface area contributed by atoms with Crippen LogP contribution in [-0.4, -0.2) is 16.6 Å². The highest BCUT2D eigenvalue weighted by Gasteiger charge is 2.23. The lowest BCUT2D eigenvalue weighted by Crippen LogP contribution is -2.12. The molecule has 2 aromatic rings. The van der Waals surface area contributed by atoms with Crippen molar-refractivity contribution in [1.29, 1.82) is 0 Å². The molecule has 3 rings (SSSR count). The molecule has 1 aliphatic rings. The molecule has 0 saturated heterocycles. The lowest BCUT2D eigenvalue weighted by Gasteiger charge is -2.13. The van der Waals surface area contributed by atoms with E-state index in [0.29, 0.717) is 12.6 Å². The van der Waals surface area contributed by atoms with Crippen molar-refractivity contribution < 1.29 is 4.74 Å². The molecule has 1 heterocycles. The van der Waals surface area contributed by atoms with Crippen LogP contribution >= 0.6 is 0 Å². The molecule has 0 aliphatic heterocycles. The van der Waals surface area contributed by atoms with E-state index < -0.39 is 0 Å². The molecule has 106 valence electrons. The first-order chi connectivity index (χ1) is 9.83. The van der Waals surface area contributed by atoms with Crippen LogP contribution in [0.15, 0.2) is 30.7 Å². The van der Waals surface area contributed by atoms with E-state index in [1.54, 1.807) is 0 Å². The molecule has 1 aromatic carbocycles. The van der Waals surface area contributed by atoms with Gasteiger partial charge in [-0.3, -0.25) is 0 Å². The maximum absolute atomic E-state index is 6.04. The minimum Gasteiger partial charge on any atom is -0.487 e. The van der Waals surface area contributed by atoms with E-state index in [1.807, 2.05) is 19.6 Å². The summed E-state index contributed by atoms with van der Waals surface area (Å²) >= 11 is 0. The van der Waals surface area contributed by atoms with Crippen LogP contribution in [0.1, 0.15) is 36.2 Å². The van der Waals surface area contributed by atoms with E-state index in [9.17, 15) is 0 Å². The van der Waals surface area contributed by atoms with Crippen LogP contribution in [0.5, 0.6) is 5.75 Å². The second-order valence-electron chi connectivity index (χ2n) is 5.16. The molecule has 4 heteroatoms. The Bertz CT molecular complexity index is 591. The first-order valence-corrected chi connectivity index (χ1v) is 7.24. The maximum Gasteiger partial charge on any atom is 0.130 e. The summed E-state index contributed by atoms with van der Waals surface area (Å²) in [7, 11) is 2.02. The molecule has 0 spiro atoms. The van der Waals surface area contributed by atoms with Crippen LogP contribution in [0.4, 0.5) is 0 Å². The minimum absolute atomic E-state index is 0.467. The van der Waals surface area contributed by atoms with Gasteiger partial charge in [0.15, 0.2) is 0 Å². The zero-order valence-corrected chi connectivity index (χ0v) is 12.1. The van der Waals surface area contributed by atoms with Crippen molar-refractivity contribution in [3.63, 3.8) is 0 Å². The Morgan fingerprint density at radius 2 is 2.35 bits per heavy atom. The average Bonchev–Trinajstić information content (AvgIpc) is 3.11. The summed E-state index contributed by atoms with van der Waals surface area (Å²) in [5.41, 5.74) is 3.86. The Morgan fingerprint density at radius 1 is 1.45 bits per heavy atom. The van der Waals surface area contributed by atoms with Gasteiger partial charge in [-0.2, -0.15) is 0 Å². The van der Waals surface area contributed by atoms with E-state index in [0.717, 1.165) is 30.8 Å². The highest BCUT2D eigenvalue weighted by molar-refractivity contribution is 5.45. The number of imidazole rings is 1. The van der Waals surface area contributed by atoms with Crippen LogP contribution in [0, 0.1) is 0 Å². The largest absolute Gasteiger partial charge is 0.487 e. The van der Waals surface area contributed by atoms with Crippen molar-refractivity contribution in [3.05, 3.63) is 47.5 Å². The van der Waals surface area contributed by atoms with Gasteiger partial charge in [-0.1, -0.05) is 12.1 Å². The molecule has 1 atom stereocenters. The second-order valence-corrected chi connectivity index (χ2v) is 5.16. The van der Waals surface area contributed by atoms with Gasteiger partial charge in [0.05, 0.1) is 18.2 Å². The molecule has 1 aliphatic carbocycles. The van der Waals surface area contributed by atoms with E-state index in [1.165, 1.54) is 11.1 Å². The molecule has 20 heavy (non-hydrogen) atoms. The molecule has 0 saturated carbocycles. The second kappa shape index (κ2) is 5.67. The maximum atomic E-state index is 6.04. The molecule has 0 radical (unpaired) electrons. The minimum atomic E-state index is 0.467. The van der Waals surface area contributed by atoms with Gasteiger partial charge in [0, 0.05) is 12.6 Å². The van der Waals surface area contributed by atoms with Crippen LogP contribution in [-0.2, 0) is 19.6 Å². The molecular weight excluding hydrogens is 250 g/mol. The van der Waals surface area contributed by atoms with Crippen molar-refractivity contribution in [3.8, 4) is 5.75 Å². The predicted molar refractivity (Wildman–Crippen MR) is 78.8 cm³/mol. The van der Waals surface area contributed by atoms with E-state index in [4.69, 9.17) is 4.74 Å². The Hall–Kier alpha value is -1.81. The summed E-state index contributed by atoms with van der Waals surface area (Å²) in [6, 6.07) is 6.83. The smallest absolute Gasteiger partial charge is 0.130 e. The number of fused-ring (bicyclic) bond motifs is 1. The first-order valence-electron chi connectivity index (χ1n) is 7.24. The first kappa shape index (κ1) is 13.2. The van der Waals surface area contributed by atoms with Gasteiger partial charge >= 0.3 is 0 Å². The monoisotopic (exact) mass is 271 g/mol. The molecule has 0 bridgehead atoms. The molecule has 1 N–H and O–H groups in total. The fourth-order valence-electron chi connectivity index (χ4n) is 2.96. The van der Waals surface area contributed by atoms with Gasteiger partial charge in [-0.25, -0.2) is 4.98 Å². The number of nitrogens with one attached hydrogen (secondary N) is 1. The van der Waals surface area contributed by atoms with Crippen molar-refractivity contribution in [2.75, 3.05) is 7.05 Å². The predicted octanol–water partition coefficient (Wildman–Crippen LogP) is 2.69. The van der Waals surface area contributed by atoms with E-state index >= 15 is 0 Å². The third kappa shape index (κ3) is 2.31. The standard InChI is InChI=1S/C16H21N3O/c1-3-19-11-18-9-12(19)10-20-16-6-4-5-13-14(16)7-8-15(13)17-2/h4-6,9,11,15,17H,3,7-8,10H2,1-2H3. The zero-order chi connectivity index (χ0) is 13.9. The van der Waals surface area contributed by atoms with Gasteiger partial charge in [0.25, 0.3) is 0 Å². The van der Waals surface area contributed by atoms with Crippen LogP contribution in [0.25, 0.3) is 0 Å². The van der Waals surface area contributed by atoms with Gasteiger partial charge in [-0.15, -0.1) is 0 Å². The van der Waals surface area contributed by atoms with Crippen LogP contribution in [0.3, 0.4) is 0 Å². The van der Waals surface area contributed by atoms with Crippen molar-refractivity contribution in [2.24, 2.45) is 0 Å². The average molecular weight is 271 g/mol. The number of ether oxygens (including phenoxy) is 1. The highest BCUT2D eigenvalue weighted by Crippen LogP contribution is 2.36. The molecule has 1 unspecified atom stereocenters. The molecule has 0 fully saturated rings. The molecule has 0 amide bonds. The highest BCUT2D eigenvalue weighted by atomic mass is 16.5. The number of aryl methyl sites for hydroxylation is 1. The Kier molecular flexibility index (Phi) is 3.74. The van der Waals surface area contributed by atoms with Gasteiger partial charge in [0.2, 0.25) is 0 Å². The molecular formula is C16H21N3O. The summed E-state index contributed by atoms with van der Waals surface area (Å²) in [4.78, 5) is 4.18. The molecule has 1 aromatic heterocycles. The van der Waals surface area contributed by atoms with Crippen molar-refractivity contribution >= 4 is 0 Å². The lowest BCUT2D eigenvalue weighted by molar-refractivity contribution is 0.292. The van der Waals surface area contributed by atoms with E-state index in [-0.39, 0.29) is 0 Å². The third-order valence-corrected chi connectivity index (χ3v) is 4.09. The quantitative estimate of drug-likeness (QED) is 0.908. The number of aromatic nitrogens is 2. The fraction of sp³-hybridized carbons (Fsp3) is 0.438. The summed E-state index contributed by atoms with van der Waals surface area (Å²) in [6.45, 7) is 3.62. The number of hydrogen-bond donors (Lipinski definition) is 1. The summed E-state index contributed by atoms with van der Waals surface area (Å²) in [6.07, 6.45) is 5.97. The lowest BCUT2D eigenvalue weighted by atomic mass is 10.1. The Labute approximate surface area is 119 Å². The van der Waals surface area contributed by atoms with Crippen LogP contribution < -0.4 is 10.1 Å². The summed E-state index contributed by atoms with van der Waals surface area (Å²) < 4.78 is 8.15. The summed E-state index contributed by atoms with van der Waals surface area (Å²) in [5.74, 6) is 1.02. The fourth-order valence-corrected chi connectivity index (χ4v) is 2.96. The number of hydrogen-bond acceptors (Lipinski definition) is 3. The zero-order valence-electron chi connectivity index (χ0n) is 12.1. The summed E-state index contributed by atoms with van der Waals surface area (Å²) in [5, 5.41) is 3.37. The normalized spacial score (nSPS) is 17.2. The van der Waals surface area contributed by atoms with Gasteiger partial charge < -0.3 is 14.6 Å². The number of benzene rings is 1. The van der Waals surface area contributed by atoms with Crippen LogP contribution in [0.2, 0.25) is 0 Å². The Balaban J connectivity index is 1.78. The van der Waals surface area contributed by atoms with Crippen molar-refractivity contribution in [1.82, 2.24) is 14.9 Å². The number of nitrogens with zero attached hydrogens (tertiary/aromatic N) is 2. The Morgan fingerprint density at radius 3 is 3.15 bits per heavy atom. The van der Waals surface area contributed by atoms with Crippen molar-refractivity contribution in [2.45, 2.75) is 39.0 Å². The van der Waals surface area contributed by atoms with Gasteiger partial charge in [0.1, 0.15) is 12.4 Å².